The summed E-state index contributed by atoms with van der Waals surface area (Å²) in [6, 6.07) is -5.06. The number of aromatic amines is 1. The summed E-state index contributed by atoms with van der Waals surface area (Å²) in [4.78, 5) is 67.4. The van der Waals surface area contributed by atoms with Gasteiger partial charge in [-0.2, -0.15) is 0 Å². The van der Waals surface area contributed by atoms with E-state index >= 15 is 0 Å². The Morgan fingerprint density at radius 1 is 0.971 bits per heavy atom. The average Bonchev–Trinajstić information content (AvgIpc) is 3.32. The summed E-state index contributed by atoms with van der Waals surface area (Å²) < 4.78 is 0. The maximum absolute atomic E-state index is 12.9. The van der Waals surface area contributed by atoms with Crippen molar-refractivity contribution in [2.75, 3.05) is 13.2 Å². The van der Waals surface area contributed by atoms with Crippen LogP contribution in [0.1, 0.15) is 37.8 Å². The molecule has 0 radical (unpaired) electrons. The highest BCUT2D eigenvalue weighted by molar-refractivity contribution is 5.94. The van der Waals surface area contributed by atoms with Crippen molar-refractivity contribution < 1.29 is 34.2 Å². The fourth-order valence-corrected chi connectivity index (χ4v) is 3.04. The van der Waals surface area contributed by atoms with Crippen LogP contribution in [0.15, 0.2) is 12.5 Å². The lowest BCUT2D eigenvalue weighted by Crippen LogP contribution is -2.57. The highest BCUT2D eigenvalue weighted by atomic mass is 16.4. The molecule has 0 aliphatic carbocycles. The minimum Gasteiger partial charge on any atom is -0.480 e. The van der Waals surface area contributed by atoms with E-state index in [1.807, 2.05) is 0 Å². The predicted octanol–water partition coefficient (Wildman–Crippen LogP) is -3.79. The lowest BCUT2D eigenvalue weighted by molar-refractivity contribution is -0.142. The molecule has 1 heterocycles. The number of amides is 4. The molecule has 196 valence electrons. The van der Waals surface area contributed by atoms with Gasteiger partial charge < -0.3 is 48.3 Å². The second-order valence-electron chi connectivity index (χ2n) is 7.86. The number of carbonyl (C=O) groups excluding carboxylic acids is 4. The third-order valence-electron chi connectivity index (χ3n) is 5.01. The topological polar surface area (TPSA) is 269 Å². The number of hydrogen-bond acceptors (Lipinski definition) is 9. The largest absolute Gasteiger partial charge is 0.480 e. The maximum Gasteiger partial charge on any atom is 0.326 e. The number of aliphatic hydroxyl groups is 1. The highest BCUT2D eigenvalue weighted by Gasteiger charge is 2.30. The van der Waals surface area contributed by atoms with Crippen LogP contribution in [-0.2, 0) is 30.4 Å². The van der Waals surface area contributed by atoms with Crippen LogP contribution in [0.2, 0.25) is 0 Å². The first-order valence-electron chi connectivity index (χ1n) is 11.0. The lowest BCUT2D eigenvalue weighted by Gasteiger charge is -2.25. The number of H-pyrrole nitrogens is 1. The molecule has 15 nitrogen and oxygen atoms in total. The number of imidazole rings is 1. The highest BCUT2D eigenvalue weighted by Crippen LogP contribution is 2.06. The van der Waals surface area contributed by atoms with Crippen molar-refractivity contribution in [2.24, 2.45) is 17.2 Å². The van der Waals surface area contributed by atoms with Gasteiger partial charge in [-0.15, -0.1) is 0 Å². The van der Waals surface area contributed by atoms with Crippen LogP contribution in [0.3, 0.4) is 0 Å². The second kappa shape index (κ2) is 15.4. The Kier molecular flexibility index (Phi) is 12.9. The van der Waals surface area contributed by atoms with Gasteiger partial charge in [0.25, 0.3) is 0 Å². The van der Waals surface area contributed by atoms with E-state index in [0.29, 0.717) is 25.1 Å². The summed E-state index contributed by atoms with van der Waals surface area (Å²) in [6.07, 6.45) is 3.41. The Hall–Kier alpha value is -3.56. The summed E-state index contributed by atoms with van der Waals surface area (Å²) in [5, 5.41) is 25.7. The third kappa shape index (κ3) is 10.9. The molecule has 0 unspecified atom stereocenters. The summed E-state index contributed by atoms with van der Waals surface area (Å²) in [6.45, 7) is -0.284. The van der Waals surface area contributed by atoms with Gasteiger partial charge in [-0.3, -0.25) is 19.2 Å². The molecule has 0 saturated carbocycles. The number of aliphatic hydroxyl groups excluding tert-OH is 1. The molecule has 4 atom stereocenters. The zero-order valence-corrected chi connectivity index (χ0v) is 19.2. The smallest absolute Gasteiger partial charge is 0.326 e. The minimum atomic E-state index is -1.36. The predicted molar refractivity (Wildman–Crippen MR) is 122 cm³/mol. The Morgan fingerprint density at radius 3 is 2.09 bits per heavy atom. The number of carboxylic acids is 1. The molecule has 0 bridgehead atoms. The van der Waals surface area contributed by atoms with Gasteiger partial charge >= 0.3 is 5.97 Å². The van der Waals surface area contributed by atoms with E-state index in [4.69, 9.17) is 22.3 Å². The van der Waals surface area contributed by atoms with Crippen molar-refractivity contribution >= 4 is 29.6 Å². The van der Waals surface area contributed by atoms with Crippen molar-refractivity contribution in [3.63, 3.8) is 0 Å². The van der Waals surface area contributed by atoms with Gasteiger partial charge in [-0.05, 0) is 32.2 Å². The van der Waals surface area contributed by atoms with Crippen molar-refractivity contribution in [3.8, 4) is 0 Å². The molecule has 1 aromatic rings. The fraction of sp³-hybridized carbons (Fsp3) is 0.600. The number of unbranched alkanes of at least 4 members (excludes halogenated alkanes) is 1. The third-order valence-corrected chi connectivity index (χ3v) is 5.01. The molecule has 0 aliphatic rings. The minimum absolute atomic E-state index is 0.127. The summed E-state index contributed by atoms with van der Waals surface area (Å²) in [7, 11) is 0. The normalized spacial score (nSPS) is 14.3. The SMILES string of the molecule is NCCCC[C@H](NC(=O)[C@@H](N)CO)C(=O)N[C@H](CCC(N)=O)C(=O)N[C@@H](Cc1c[nH]cn1)C(=O)O. The number of aromatic nitrogens is 2. The number of nitrogens with two attached hydrogens (primary N) is 3. The number of carbonyl (C=O) groups is 5. The first-order chi connectivity index (χ1) is 16.6. The van der Waals surface area contributed by atoms with Gasteiger partial charge in [0, 0.05) is 19.0 Å². The number of nitrogens with one attached hydrogen (secondary N) is 4. The molecular weight excluding hydrogens is 464 g/mol. The molecule has 35 heavy (non-hydrogen) atoms. The molecule has 1 aromatic heterocycles. The van der Waals surface area contributed by atoms with Gasteiger partial charge in [0.05, 0.1) is 18.6 Å². The van der Waals surface area contributed by atoms with E-state index in [1.54, 1.807) is 0 Å². The van der Waals surface area contributed by atoms with E-state index in [2.05, 4.69) is 25.9 Å². The number of hydrogen-bond donors (Lipinski definition) is 9. The molecular formula is C20H34N8O7. The van der Waals surface area contributed by atoms with Gasteiger partial charge in [-0.25, -0.2) is 9.78 Å². The molecule has 0 saturated heterocycles. The quantitative estimate of drug-likeness (QED) is 0.0945. The van der Waals surface area contributed by atoms with E-state index in [0.717, 1.165) is 0 Å². The van der Waals surface area contributed by atoms with Gasteiger partial charge in [0.2, 0.25) is 23.6 Å². The Morgan fingerprint density at radius 2 is 1.57 bits per heavy atom. The molecule has 0 aliphatic heterocycles. The van der Waals surface area contributed by atoms with Crippen LogP contribution in [0.4, 0.5) is 0 Å². The first kappa shape index (κ1) is 29.5. The number of rotatable bonds is 17. The Bertz CT molecular complexity index is 849. The monoisotopic (exact) mass is 498 g/mol. The first-order valence-corrected chi connectivity index (χ1v) is 11.0. The van der Waals surface area contributed by atoms with Crippen molar-refractivity contribution in [1.82, 2.24) is 25.9 Å². The van der Waals surface area contributed by atoms with Gasteiger partial charge in [0.1, 0.15) is 24.2 Å². The average molecular weight is 499 g/mol. The van der Waals surface area contributed by atoms with Crippen molar-refractivity contribution in [3.05, 3.63) is 18.2 Å². The lowest BCUT2D eigenvalue weighted by atomic mass is 10.0. The summed E-state index contributed by atoms with van der Waals surface area (Å²) in [5.74, 6) is -4.45. The number of nitrogens with zero attached hydrogens (tertiary/aromatic N) is 1. The fourth-order valence-electron chi connectivity index (χ4n) is 3.04. The molecule has 0 aromatic carbocycles. The Labute approximate surface area is 201 Å². The number of carboxylic acid groups (broad SMARTS) is 1. The second-order valence-corrected chi connectivity index (χ2v) is 7.86. The van der Waals surface area contributed by atoms with Crippen LogP contribution in [0.5, 0.6) is 0 Å². The number of primary amides is 1. The maximum atomic E-state index is 12.9. The van der Waals surface area contributed by atoms with Crippen LogP contribution in [0, 0.1) is 0 Å². The van der Waals surface area contributed by atoms with Gasteiger partial charge in [-0.1, -0.05) is 0 Å². The van der Waals surface area contributed by atoms with Crippen LogP contribution in [-0.4, -0.2) is 87.1 Å². The van der Waals surface area contributed by atoms with Crippen LogP contribution >= 0.6 is 0 Å². The Balaban J connectivity index is 2.99. The molecule has 15 heteroatoms. The van der Waals surface area contributed by atoms with E-state index in [9.17, 15) is 29.1 Å². The van der Waals surface area contributed by atoms with Crippen molar-refractivity contribution in [1.29, 1.82) is 0 Å². The molecule has 12 N–H and O–H groups in total. The van der Waals surface area contributed by atoms with E-state index in [-0.39, 0.29) is 25.7 Å². The standard InChI is InChI=1S/C20H34N8O7/c21-6-2-1-3-13(26-17(31)12(22)9-29)18(32)27-14(4-5-16(23)30)19(33)28-15(20(34)35)7-11-8-24-10-25-11/h8,10,12-15,29H,1-7,9,21-22H2,(H2,23,30)(H,24,25)(H,26,31)(H,27,32)(H,28,33)(H,34,35)/t12-,13-,14+,15-/m0/s1. The van der Waals surface area contributed by atoms with Crippen LogP contribution in [0.25, 0.3) is 0 Å². The van der Waals surface area contributed by atoms with E-state index in [1.165, 1.54) is 12.5 Å². The van der Waals surface area contributed by atoms with E-state index < -0.39 is 60.4 Å². The zero-order chi connectivity index (χ0) is 26.4. The summed E-state index contributed by atoms with van der Waals surface area (Å²) in [5.41, 5.74) is 16.5. The van der Waals surface area contributed by atoms with Crippen LogP contribution < -0.4 is 33.2 Å². The molecule has 1 rings (SSSR count). The van der Waals surface area contributed by atoms with Gasteiger partial charge in [0.15, 0.2) is 0 Å². The molecule has 0 spiro atoms. The van der Waals surface area contributed by atoms with Crippen molar-refractivity contribution in [2.45, 2.75) is 62.7 Å². The zero-order valence-electron chi connectivity index (χ0n) is 19.2. The molecule has 0 fully saturated rings. The number of aliphatic carboxylic acids is 1. The summed E-state index contributed by atoms with van der Waals surface area (Å²) >= 11 is 0. The molecule has 4 amide bonds.